The number of nitrogens with one attached hydrogen (secondary N) is 1. The zero-order valence-corrected chi connectivity index (χ0v) is 19.1. The lowest BCUT2D eigenvalue weighted by atomic mass is 10.2. The van der Waals surface area contributed by atoms with Crippen LogP contribution in [0.3, 0.4) is 0 Å². The molecule has 1 aliphatic heterocycles. The number of amides is 2. The number of carbonyl (C=O) groups is 2. The highest BCUT2D eigenvalue weighted by Gasteiger charge is 2.34. The lowest BCUT2D eigenvalue weighted by Crippen LogP contribution is -2.44. The van der Waals surface area contributed by atoms with Crippen molar-refractivity contribution in [3.8, 4) is 5.75 Å². The van der Waals surface area contributed by atoms with Crippen molar-refractivity contribution in [1.29, 1.82) is 0 Å². The highest BCUT2D eigenvalue weighted by atomic mass is 32.2. The van der Waals surface area contributed by atoms with Crippen LogP contribution in [0.4, 0.5) is 11.4 Å². The van der Waals surface area contributed by atoms with Crippen molar-refractivity contribution in [2.24, 2.45) is 0 Å². The van der Waals surface area contributed by atoms with Crippen molar-refractivity contribution in [2.45, 2.75) is 25.4 Å². The van der Waals surface area contributed by atoms with E-state index >= 15 is 0 Å². The Labute approximate surface area is 197 Å². The van der Waals surface area contributed by atoms with Crippen LogP contribution in [-0.4, -0.2) is 51.0 Å². The Kier molecular flexibility index (Phi) is 6.87. The Morgan fingerprint density at radius 2 is 2.03 bits per heavy atom. The van der Waals surface area contributed by atoms with Crippen LogP contribution in [0.15, 0.2) is 51.7 Å². The summed E-state index contributed by atoms with van der Waals surface area (Å²) in [6.07, 6.45) is 0.483. The van der Waals surface area contributed by atoms with Gasteiger partial charge in [-0.1, -0.05) is 0 Å². The molecule has 34 heavy (non-hydrogen) atoms. The summed E-state index contributed by atoms with van der Waals surface area (Å²) < 4.78 is 11.6. The average molecular weight is 487 g/mol. The number of fused-ring (bicyclic) bond motifs is 1. The summed E-state index contributed by atoms with van der Waals surface area (Å²) in [6.45, 7) is 0.207. The van der Waals surface area contributed by atoms with E-state index in [-0.39, 0.29) is 36.1 Å². The molecule has 12 heteroatoms. The minimum absolute atomic E-state index is 0.122. The number of aromatic nitrogens is 1. The maximum atomic E-state index is 12.8. The summed E-state index contributed by atoms with van der Waals surface area (Å²) in [5.74, 6) is 0.500. The molecule has 0 bridgehead atoms. The smallest absolute Gasteiger partial charge is 0.419 e. The van der Waals surface area contributed by atoms with Crippen LogP contribution in [-0.2, 0) is 16.1 Å². The fraction of sp³-hybridized carbons (Fsp3) is 0.318. The molecule has 1 saturated heterocycles. The summed E-state index contributed by atoms with van der Waals surface area (Å²) in [6, 6.07) is 10.3. The van der Waals surface area contributed by atoms with Crippen LogP contribution in [0, 0.1) is 10.1 Å². The number of hydrogen-bond donors (Lipinski definition) is 1. The molecule has 178 valence electrons. The zero-order chi connectivity index (χ0) is 24.2. The van der Waals surface area contributed by atoms with Gasteiger partial charge in [0.1, 0.15) is 11.8 Å². The molecule has 3 aromatic rings. The van der Waals surface area contributed by atoms with Crippen molar-refractivity contribution in [3.63, 3.8) is 0 Å². The fourth-order valence-corrected chi connectivity index (χ4v) is 4.90. The van der Waals surface area contributed by atoms with E-state index in [9.17, 15) is 24.5 Å². The molecule has 4 rings (SSSR count). The number of ether oxygens (including phenoxy) is 1. The first kappa shape index (κ1) is 23.4. The number of nitro benzene ring substituents is 1. The molecule has 1 aromatic heterocycles. The molecule has 1 unspecified atom stereocenters. The van der Waals surface area contributed by atoms with E-state index < -0.39 is 16.7 Å². The van der Waals surface area contributed by atoms with Gasteiger partial charge in [-0.2, -0.15) is 0 Å². The highest BCUT2D eigenvalue weighted by molar-refractivity contribution is 7.99. The number of rotatable bonds is 8. The van der Waals surface area contributed by atoms with Gasteiger partial charge in [-0.05, 0) is 36.8 Å². The SMILES string of the molecule is COc1ccc(NC(=O)C2CSCN2C(=O)CCCn2c(=O)oc3cc([N+](=O)[O-])ccc32)cc1. The number of nitro groups is 1. The number of hydrogen-bond acceptors (Lipinski definition) is 8. The predicted molar refractivity (Wildman–Crippen MR) is 126 cm³/mol. The van der Waals surface area contributed by atoms with Crippen molar-refractivity contribution < 1.29 is 23.7 Å². The van der Waals surface area contributed by atoms with Gasteiger partial charge >= 0.3 is 5.76 Å². The molecule has 0 aliphatic carbocycles. The number of thioether (sulfide) groups is 1. The van der Waals surface area contributed by atoms with E-state index in [0.29, 0.717) is 35.0 Å². The molecule has 1 aliphatic rings. The minimum atomic E-state index is -0.642. The molecule has 1 N–H and O–H groups in total. The Balaban J connectivity index is 1.36. The quantitative estimate of drug-likeness (QED) is 0.379. The maximum absolute atomic E-state index is 12.8. The third-order valence-corrected chi connectivity index (χ3v) is 6.51. The number of non-ortho nitro benzene ring substituents is 1. The van der Waals surface area contributed by atoms with Gasteiger partial charge in [0, 0.05) is 30.5 Å². The van der Waals surface area contributed by atoms with E-state index in [2.05, 4.69) is 5.32 Å². The van der Waals surface area contributed by atoms with Crippen molar-refractivity contribution in [3.05, 3.63) is 63.1 Å². The van der Waals surface area contributed by atoms with E-state index in [1.54, 1.807) is 36.3 Å². The second-order valence-electron chi connectivity index (χ2n) is 7.63. The van der Waals surface area contributed by atoms with Gasteiger partial charge in [0.2, 0.25) is 11.8 Å². The van der Waals surface area contributed by atoms with E-state index in [4.69, 9.17) is 9.15 Å². The molecular formula is C22H22N4O7S. The molecular weight excluding hydrogens is 464 g/mol. The van der Waals surface area contributed by atoms with Gasteiger partial charge in [0.15, 0.2) is 5.58 Å². The molecule has 1 atom stereocenters. The topological polar surface area (TPSA) is 137 Å². The number of benzene rings is 2. The van der Waals surface area contributed by atoms with Crippen LogP contribution in [0.5, 0.6) is 5.75 Å². The minimum Gasteiger partial charge on any atom is -0.497 e. The van der Waals surface area contributed by atoms with E-state index in [1.807, 2.05) is 0 Å². The van der Waals surface area contributed by atoms with E-state index in [1.165, 1.54) is 34.5 Å². The van der Waals surface area contributed by atoms with Gasteiger partial charge in [0.25, 0.3) is 5.69 Å². The molecule has 11 nitrogen and oxygen atoms in total. The van der Waals surface area contributed by atoms with Crippen LogP contribution in [0.2, 0.25) is 0 Å². The van der Waals surface area contributed by atoms with Crippen LogP contribution < -0.4 is 15.8 Å². The largest absolute Gasteiger partial charge is 0.497 e. The molecule has 0 spiro atoms. The number of methoxy groups -OCH3 is 1. The van der Waals surface area contributed by atoms with E-state index in [0.717, 1.165) is 0 Å². The highest BCUT2D eigenvalue weighted by Crippen LogP contribution is 2.25. The van der Waals surface area contributed by atoms with Gasteiger partial charge in [-0.25, -0.2) is 4.79 Å². The summed E-state index contributed by atoms with van der Waals surface area (Å²) >= 11 is 1.50. The predicted octanol–water partition coefficient (Wildman–Crippen LogP) is 2.83. The summed E-state index contributed by atoms with van der Waals surface area (Å²) in [7, 11) is 1.56. The molecule has 2 amide bonds. The van der Waals surface area contributed by atoms with Crippen molar-refractivity contribution >= 4 is 46.1 Å². The monoisotopic (exact) mass is 486 g/mol. The number of carbonyl (C=O) groups excluding carboxylic acids is 2. The normalized spacial score (nSPS) is 15.4. The van der Waals surface area contributed by atoms with Gasteiger partial charge in [0.05, 0.1) is 29.5 Å². The Morgan fingerprint density at radius 1 is 1.26 bits per heavy atom. The lowest BCUT2D eigenvalue weighted by Gasteiger charge is -2.23. The Hall–Kier alpha value is -3.80. The first-order chi connectivity index (χ1) is 16.4. The van der Waals surface area contributed by atoms with Crippen molar-refractivity contribution in [1.82, 2.24) is 9.47 Å². The Morgan fingerprint density at radius 3 is 2.74 bits per heavy atom. The number of nitrogens with zero attached hydrogens (tertiary/aromatic N) is 3. The first-order valence-electron chi connectivity index (χ1n) is 10.5. The maximum Gasteiger partial charge on any atom is 0.419 e. The van der Waals surface area contributed by atoms with Gasteiger partial charge in [-0.3, -0.25) is 24.3 Å². The van der Waals surface area contributed by atoms with Crippen LogP contribution >= 0.6 is 11.8 Å². The molecule has 2 heterocycles. The molecule has 2 aromatic carbocycles. The fourth-order valence-electron chi connectivity index (χ4n) is 3.72. The number of aryl methyl sites for hydroxylation is 1. The summed E-state index contributed by atoms with van der Waals surface area (Å²) in [4.78, 5) is 49.6. The summed E-state index contributed by atoms with van der Waals surface area (Å²) in [5, 5.41) is 13.7. The Bertz CT molecular complexity index is 1280. The molecule has 1 fully saturated rings. The first-order valence-corrected chi connectivity index (χ1v) is 11.6. The standard InChI is InChI=1S/C22H22N4O7S/c1-32-16-7-4-14(5-8-16)23-21(28)18-12-34-13-25(18)20(27)3-2-10-24-17-9-6-15(26(30)31)11-19(17)33-22(24)29/h4-9,11,18H,2-3,10,12-13H2,1H3,(H,23,28). The molecule has 0 saturated carbocycles. The number of anilines is 1. The summed E-state index contributed by atoms with van der Waals surface area (Å²) in [5.41, 5.74) is 0.990. The third kappa shape index (κ3) is 4.91. The van der Waals surface area contributed by atoms with Crippen LogP contribution in [0.25, 0.3) is 11.1 Å². The van der Waals surface area contributed by atoms with Gasteiger partial charge < -0.3 is 19.4 Å². The number of oxazole rings is 1. The van der Waals surface area contributed by atoms with Gasteiger partial charge in [-0.15, -0.1) is 11.8 Å². The second-order valence-corrected chi connectivity index (χ2v) is 8.63. The zero-order valence-electron chi connectivity index (χ0n) is 18.3. The second kappa shape index (κ2) is 10.00. The van der Waals surface area contributed by atoms with Crippen LogP contribution in [0.1, 0.15) is 12.8 Å². The molecule has 0 radical (unpaired) electrons. The van der Waals surface area contributed by atoms with Crippen molar-refractivity contribution in [2.75, 3.05) is 24.1 Å². The lowest BCUT2D eigenvalue weighted by molar-refractivity contribution is -0.384. The average Bonchev–Trinajstić information content (AvgIpc) is 3.44. The third-order valence-electron chi connectivity index (χ3n) is 5.50.